The zero-order valence-corrected chi connectivity index (χ0v) is 12.9. The highest BCUT2D eigenvalue weighted by Crippen LogP contribution is 2.22. The van der Waals surface area contributed by atoms with Crippen molar-refractivity contribution < 1.29 is 12.8 Å². The molecule has 0 aliphatic heterocycles. The molecule has 2 N–H and O–H groups in total. The maximum atomic E-state index is 13.6. The molecule has 1 fully saturated rings. The number of hydrogen-bond acceptors (Lipinski definition) is 3. The average Bonchev–Trinajstić information content (AvgIpc) is 3.13. The lowest BCUT2D eigenvalue weighted by molar-refractivity contribution is 0.574. The van der Waals surface area contributed by atoms with Crippen molar-refractivity contribution in [2.24, 2.45) is 0 Å². The second-order valence-electron chi connectivity index (χ2n) is 4.76. The zero-order valence-electron chi connectivity index (χ0n) is 10.5. The van der Waals surface area contributed by atoms with Crippen LogP contribution in [0.3, 0.4) is 0 Å². The molecule has 1 aliphatic rings. The van der Waals surface area contributed by atoms with Crippen molar-refractivity contribution in [3.63, 3.8) is 0 Å². The van der Waals surface area contributed by atoms with Crippen LogP contribution < -0.4 is 10.0 Å². The Labute approximate surface area is 121 Å². The molecular weight excluding hydrogens is 335 g/mol. The van der Waals surface area contributed by atoms with Crippen LogP contribution in [0, 0.1) is 5.82 Å². The molecule has 1 aromatic carbocycles. The number of halogens is 2. The van der Waals surface area contributed by atoms with E-state index in [1.54, 1.807) is 13.0 Å². The van der Waals surface area contributed by atoms with Gasteiger partial charge >= 0.3 is 0 Å². The second kappa shape index (κ2) is 5.76. The lowest BCUT2D eigenvalue weighted by Gasteiger charge is -2.15. The van der Waals surface area contributed by atoms with Crippen molar-refractivity contribution in [3.8, 4) is 0 Å². The van der Waals surface area contributed by atoms with Gasteiger partial charge in [0.1, 0.15) is 5.82 Å². The van der Waals surface area contributed by atoms with Crippen LogP contribution in [-0.2, 0) is 10.0 Å². The third-order valence-electron chi connectivity index (χ3n) is 2.98. The number of anilines is 1. The normalized spacial score (nSPS) is 17.2. The largest absolute Gasteiger partial charge is 0.313 e. The van der Waals surface area contributed by atoms with Crippen LogP contribution in [0.1, 0.15) is 19.8 Å². The van der Waals surface area contributed by atoms with E-state index in [-0.39, 0.29) is 5.69 Å². The van der Waals surface area contributed by atoms with E-state index in [9.17, 15) is 12.8 Å². The van der Waals surface area contributed by atoms with Gasteiger partial charge in [-0.3, -0.25) is 4.72 Å². The smallest absolute Gasteiger partial charge is 0.236 e. The third kappa shape index (κ3) is 4.15. The number of sulfonamides is 1. The first kappa shape index (κ1) is 14.7. The lowest BCUT2D eigenvalue weighted by atomic mass is 10.3. The Kier molecular flexibility index (Phi) is 4.47. The predicted octanol–water partition coefficient (Wildman–Crippen LogP) is 2.47. The Morgan fingerprint density at radius 1 is 1.47 bits per heavy atom. The van der Waals surface area contributed by atoms with Crippen LogP contribution in [-0.4, -0.2) is 26.3 Å². The minimum absolute atomic E-state index is 0.0264. The van der Waals surface area contributed by atoms with Gasteiger partial charge in [0, 0.05) is 17.1 Å². The summed E-state index contributed by atoms with van der Waals surface area (Å²) in [4.78, 5) is 0. The Bertz CT molecular complexity index is 561. The molecule has 1 aliphatic carbocycles. The number of hydrogen-bond donors (Lipinski definition) is 2. The van der Waals surface area contributed by atoms with E-state index >= 15 is 0 Å². The van der Waals surface area contributed by atoms with E-state index in [1.807, 2.05) is 0 Å². The standard InChI is InChI=1S/C12H16BrFN2O2S/c1-8(7-15-10-3-4-10)19(17,18)16-12-5-2-9(13)6-11(12)14/h2,5-6,8,10,15-16H,3-4,7H2,1H3. The number of benzene rings is 1. The van der Waals surface area contributed by atoms with Crippen LogP contribution in [0.2, 0.25) is 0 Å². The van der Waals surface area contributed by atoms with Gasteiger partial charge in [0.25, 0.3) is 0 Å². The molecule has 7 heteroatoms. The molecule has 1 atom stereocenters. The van der Waals surface area contributed by atoms with Crippen LogP contribution in [0.25, 0.3) is 0 Å². The van der Waals surface area contributed by atoms with Crippen molar-refractivity contribution in [1.82, 2.24) is 5.32 Å². The van der Waals surface area contributed by atoms with Gasteiger partial charge < -0.3 is 5.32 Å². The first-order valence-electron chi connectivity index (χ1n) is 6.08. The van der Waals surface area contributed by atoms with E-state index in [0.29, 0.717) is 17.1 Å². The Balaban J connectivity index is 2.02. The first-order valence-corrected chi connectivity index (χ1v) is 8.42. The molecule has 0 aromatic heterocycles. The van der Waals surface area contributed by atoms with E-state index in [1.165, 1.54) is 12.1 Å². The molecule has 4 nitrogen and oxygen atoms in total. The highest BCUT2D eigenvalue weighted by molar-refractivity contribution is 9.10. The van der Waals surface area contributed by atoms with Crippen LogP contribution in [0.4, 0.5) is 10.1 Å². The summed E-state index contributed by atoms with van der Waals surface area (Å²) in [7, 11) is -3.58. The van der Waals surface area contributed by atoms with Gasteiger partial charge in [-0.25, -0.2) is 12.8 Å². The Morgan fingerprint density at radius 2 is 2.16 bits per heavy atom. The van der Waals surface area contributed by atoms with Gasteiger partial charge in [-0.1, -0.05) is 15.9 Å². The van der Waals surface area contributed by atoms with E-state index in [2.05, 4.69) is 26.0 Å². The van der Waals surface area contributed by atoms with Gasteiger partial charge in [0.2, 0.25) is 10.0 Å². The summed E-state index contributed by atoms with van der Waals surface area (Å²) in [6.07, 6.45) is 2.20. The third-order valence-corrected chi connectivity index (χ3v) is 5.21. The first-order chi connectivity index (χ1) is 8.88. The number of rotatable bonds is 6. The molecule has 0 saturated heterocycles. The topological polar surface area (TPSA) is 58.2 Å². The van der Waals surface area contributed by atoms with Gasteiger partial charge in [0.15, 0.2) is 0 Å². The van der Waals surface area contributed by atoms with Crippen molar-refractivity contribution in [2.45, 2.75) is 31.1 Å². The van der Waals surface area contributed by atoms with Crippen molar-refractivity contribution in [2.75, 3.05) is 11.3 Å². The summed E-state index contributed by atoms with van der Waals surface area (Å²) in [5.74, 6) is -0.597. The summed E-state index contributed by atoms with van der Waals surface area (Å²) in [6, 6.07) is 4.67. The molecule has 1 unspecified atom stereocenters. The SMILES string of the molecule is CC(CNC1CC1)S(=O)(=O)Nc1ccc(Br)cc1F. The molecule has 0 heterocycles. The van der Waals surface area contributed by atoms with Gasteiger partial charge in [-0.05, 0) is 38.0 Å². The molecule has 0 amide bonds. The van der Waals surface area contributed by atoms with E-state index < -0.39 is 21.1 Å². The van der Waals surface area contributed by atoms with Crippen molar-refractivity contribution >= 4 is 31.6 Å². The molecule has 2 rings (SSSR count). The predicted molar refractivity (Wildman–Crippen MR) is 77.1 cm³/mol. The fourth-order valence-electron chi connectivity index (χ4n) is 1.56. The Hall–Kier alpha value is -0.660. The number of nitrogens with one attached hydrogen (secondary N) is 2. The minimum atomic E-state index is -3.58. The van der Waals surface area contributed by atoms with Crippen LogP contribution in [0.5, 0.6) is 0 Å². The van der Waals surface area contributed by atoms with E-state index in [0.717, 1.165) is 12.8 Å². The van der Waals surface area contributed by atoms with Gasteiger partial charge in [0.05, 0.1) is 10.9 Å². The molecule has 19 heavy (non-hydrogen) atoms. The molecular formula is C12H16BrFN2O2S. The van der Waals surface area contributed by atoms with Crippen molar-refractivity contribution in [3.05, 3.63) is 28.5 Å². The second-order valence-corrected chi connectivity index (χ2v) is 7.78. The molecule has 0 spiro atoms. The summed E-state index contributed by atoms with van der Waals surface area (Å²) in [5.41, 5.74) is -0.0264. The van der Waals surface area contributed by atoms with Gasteiger partial charge in [-0.15, -0.1) is 0 Å². The monoisotopic (exact) mass is 350 g/mol. The fraction of sp³-hybridized carbons (Fsp3) is 0.500. The molecule has 0 radical (unpaired) electrons. The molecule has 106 valence electrons. The maximum absolute atomic E-state index is 13.6. The maximum Gasteiger partial charge on any atom is 0.236 e. The summed E-state index contributed by atoms with van der Waals surface area (Å²) >= 11 is 3.13. The van der Waals surface area contributed by atoms with Crippen LogP contribution in [0.15, 0.2) is 22.7 Å². The summed E-state index contributed by atoms with van der Waals surface area (Å²) in [5, 5.41) is 2.54. The summed E-state index contributed by atoms with van der Waals surface area (Å²) < 4.78 is 40.5. The quantitative estimate of drug-likeness (QED) is 0.828. The zero-order chi connectivity index (χ0) is 14.0. The fourth-order valence-corrected chi connectivity index (χ4v) is 2.88. The minimum Gasteiger partial charge on any atom is -0.313 e. The van der Waals surface area contributed by atoms with Gasteiger partial charge in [-0.2, -0.15) is 0 Å². The Morgan fingerprint density at radius 3 is 2.74 bits per heavy atom. The highest BCUT2D eigenvalue weighted by Gasteiger charge is 2.26. The molecule has 0 bridgehead atoms. The highest BCUT2D eigenvalue weighted by atomic mass is 79.9. The van der Waals surface area contributed by atoms with Crippen molar-refractivity contribution in [1.29, 1.82) is 0 Å². The molecule has 1 aromatic rings. The van der Waals surface area contributed by atoms with Crippen LogP contribution >= 0.6 is 15.9 Å². The lowest BCUT2D eigenvalue weighted by Crippen LogP contribution is -2.35. The summed E-state index contributed by atoms with van der Waals surface area (Å²) in [6.45, 7) is 1.98. The molecule has 1 saturated carbocycles. The average molecular weight is 351 g/mol. The van der Waals surface area contributed by atoms with E-state index in [4.69, 9.17) is 0 Å².